The number of hydrogen-bond donors (Lipinski definition) is 1. The molecule has 0 aliphatic heterocycles. The van der Waals surface area contributed by atoms with Crippen LogP contribution in [0, 0.1) is 11.7 Å². The van der Waals surface area contributed by atoms with Crippen LogP contribution in [0.5, 0.6) is 0 Å². The Balaban J connectivity index is 1.79. The maximum atomic E-state index is 13.0. The Bertz CT molecular complexity index is 518. The predicted octanol–water partition coefficient (Wildman–Crippen LogP) is 2.68. The molecule has 0 spiro atoms. The fourth-order valence-corrected chi connectivity index (χ4v) is 2.61. The first-order valence-corrected chi connectivity index (χ1v) is 7.28. The molecular weight excluding hydrogens is 273 g/mol. The number of ether oxygens (including phenoxy) is 1. The van der Waals surface area contributed by atoms with Crippen molar-refractivity contribution in [3.63, 3.8) is 0 Å². The minimum Gasteiger partial charge on any atom is -0.452 e. The van der Waals surface area contributed by atoms with Gasteiger partial charge >= 0.3 is 5.97 Å². The third-order valence-electron chi connectivity index (χ3n) is 3.85. The normalized spacial score (nSPS) is 21.6. The summed E-state index contributed by atoms with van der Waals surface area (Å²) in [7, 11) is 0. The van der Waals surface area contributed by atoms with Crippen molar-refractivity contribution in [2.75, 3.05) is 6.61 Å². The van der Waals surface area contributed by atoms with Crippen molar-refractivity contribution in [2.24, 2.45) is 5.92 Å². The van der Waals surface area contributed by atoms with Crippen molar-refractivity contribution >= 4 is 11.9 Å². The predicted molar refractivity (Wildman–Crippen MR) is 76.2 cm³/mol. The van der Waals surface area contributed by atoms with Gasteiger partial charge in [-0.15, -0.1) is 0 Å². The molecule has 0 unspecified atom stereocenters. The van der Waals surface area contributed by atoms with Gasteiger partial charge in [-0.2, -0.15) is 0 Å². The number of benzene rings is 1. The van der Waals surface area contributed by atoms with E-state index in [1.165, 1.54) is 24.6 Å². The van der Waals surface area contributed by atoms with Crippen LogP contribution < -0.4 is 5.32 Å². The lowest BCUT2D eigenvalue weighted by molar-refractivity contribution is -0.125. The molecule has 0 heterocycles. The van der Waals surface area contributed by atoms with Gasteiger partial charge in [-0.1, -0.05) is 25.8 Å². The van der Waals surface area contributed by atoms with Crippen LogP contribution in [0.3, 0.4) is 0 Å². The number of nitrogens with one attached hydrogen (secondary N) is 1. The first-order valence-electron chi connectivity index (χ1n) is 7.28. The van der Waals surface area contributed by atoms with Crippen LogP contribution in [0.15, 0.2) is 24.3 Å². The largest absolute Gasteiger partial charge is 0.452 e. The van der Waals surface area contributed by atoms with Gasteiger partial charge in [0.15, 0.2) is 6.61 Å². The number of amides is 1. The molecule has 4 nitrogen and oxygen atoms in total. The van der Waals surface area contributed by atoms with Gasteiger partial charge in [-0.3, -0.25) is 4.79 Å². The highest BCUT2D eigenvalue weighted by Crippen LogP contribution is 2.23. The maximum Gasteiger partial charge on any atom is 0.338 e. The van der Waals surface area contributed by atoms with Crippen LogP contribution in [0.25, 0.3) is 0 Å². The molecule has 2 rings (SSSR count). The topological polar surface area (TPSA) is 55.4 Å². The molecule has 1 amide bonds. The van der Waals surface area contributed by atoms with Gasteiger partial charge < -0.3 is 10.1 Å². The number of esters is 1. The van der Waals surface area contributed by atoms with E-state index in [2.05, 4.69) is 12.2 Å². The SMILES string of the molecule is C[C@H]1CCCC[C@H]1NC(=O)COC(=O)c1cccc(F)c1. The van der Waals surface area contributed by atoms with E-state index >= 15 is 0 Å². The number of hydrogen-bond acceptors (Lipinski definition) is 3. The van der Waals surface area contributed by atoms with E-state index in [1.54, 1.807) is 0 Å². The van der Waals surface area contributed by atoms with Gasteiger partial charge in [-0.25, -0.2) is 9.18 Å². The summed E-state index contributed by atoms with van der Waals surface area (Å²) in [4.78, 5) is 23.5. The van der Waals surface area contributed by atoms with Crippen molar-refractivity contribution in [2.45, 2.75) is 38.6 Å². The van der Waals surface area contributed by atoms with Crippen molar-refractivity contribution in [1.82, 2.24) is 5.32 Å². The zero-order valence-corrected chi connectivity index (χ0v) is 12.1. The molecule has 5 heteroatoms. The molecule has 1 aliphatic carbocycles. The first-order chi connectivity index (χ1) is 10.1. The second kappa shape index (κ2) is 7.20. The average molecular weight is 293 g/mol. The molecular formula is C16H20FNO3. The Morgan fingerprint density at radius 3 is 2.81 bits per heavy atom. The van der Waals surface area contributed by atoms with Crippen LogP contribution in [0.2, 0.25) is 0 Å². The van der Waals surface area contributed by atoms with E-state index in [1.807, 2.05) is 0 Å². The van der Waals surface area contributed by atoms with E-state index < -0.39 is 11.8 Å². The van der Waals surface area contributed by atoms with Crippen molar-refractivity contribution in [1.29, 1.82) is 0 Å². The highest BCUT2D eigenvalue weighted by molar-refractivity contribution is 5.91. The molecule has 1 aromatic rings. The molecule has 1 aromatic carbocycles. The minimum atomic E-state index is -0.693. The zero-order chi connectivity index (χ0) is 15.2. The van der Waals surface area contributed by atoms with E-state index in [9.17, 15) is 14.0 Å². The fraction of sp³-hybridized carbons (Fsp3) is 0.500. The fourth-order valence-electron chi connectivity index (χ4n) is 2.61. The monoisotopic (exact) mass is 293 g/mol. The van der Waals surface area contributed by atoms with Crippen LogP contribution in [0.1, 0.15) is 43.0 Å². The van der Waals surface area contributed by atoms with Gasteiger partial charge in [0.05, 0.1) is 5.56 Å². The third kappa shape index (κ3) is 4.55. The van der Waals surface area contributed by atoms with Gasteiger partial charge in [-0.05, 0) is 37.0 Å². The van der Waals surface area contributed by atoms with Crippen molar-refractivity contribution in [3.05, 3.63) is 35.6 Å². The minimum absolute atomic E-state index is 0.105. The van der Waals surface area contributed by atoms with Crippen LogP contribution in [-0.2, 0) is 9.53 Å². The second-order valence-corrected chi connectivity index (χ2v) is 5.52. The number of carbonyl (C=O) groups excluding carboxylic acids is 2. The van der Waals surface area contributed by atoms with Gasteiger partial charge in [0.1, 0.15) is 5.82 Å². The lowest BCUT2D eigenvalue weighted by Gasteiger charge is -2.29. The molecule has 114 valence electrons. The second-order valence-electron chi connectivity index (χ2n) is 5.52. The Labute approximate surface area is 123 Å². The van der Waals surface area contributed by atoms with Gasteiger partial charge in [0, 0.05) is 6.04 Å². The lowest BCUT2D eigenvalue weighted by atomic mass is 9.86. The highest BCUT2D eigenvalue weighted by Gasteiger charge is 2.23. The highest BCUT2D eigenvalue weighted by atomic mass is 19.1. The van der Waals surface area contributed by atoms with Crippen LogP contribution in [-0.4, -0.2) is 24.5 Å². The number of carbonyl (C=O) groups is 2. The Hall–Kier alpha value is -1.91. The molecule has 1 saturated carbocycles. The van der Waals surface area contributed by atoms with Crippen LogP contribution in [0.4, 0.5) is 4.39 Å². The molecule has 0 aromatic heterocycles. The van der Waals surface area contributed by atoms with Crippen LogP contribution >= 0.6 is 0 Å². The average Bonchev–Trinajstić information content (AvgIpc) is 2.47. The molecule has 0 radical (unpaired) electrons. The summed E-state index contributed by atoms with van der Waals surface area (Å²) in [6, 6.07) is 5.36. The van der Waals surface area contributed by atoms with Crippen molar-refractivity contribution in [3.8, 4) is 0 Å². The Kier molecular flexibility index (Phi) is 5.31. The number of halogens is 1. The third-order valence-corrected chi connectivity index (χ3v) is 3.85. The quantitative estimate of drug-likeness (QED) is 0.868. The summed E-state index contributed by atoms with van der Waals surface area (Å²) in [5, 5.41) is 2.90. The maximum absolute atomic E-state index is 13.0. The molecule has 0 saturated heterocycles. The number of rotatable bonds is 4. The first kappa shape index (κ1) is 15.5. The lowest BCUT2D eigenvalue weighted by Crippen LogP contribution is -2.42. The molecule has 1 fully saturated rings. The summed E-state index contributed by atoms with van der Waals surface area (Å²) >= 11 is 0. The summed E-state index contributed by atoms with van der Waals surface area (Å²) < 4.78 is 17.9. The van der Waals surface area contributed by atoms with Gasteiger partial charge in [0.2, 0.25) is 0 Å². The Morgan fingerprint density at radius 2 is 2.10 bits per heavy atom. The van der Waals surface area contributed by atoms with E-state index in [0.29, 0.717) is 5.92 Å². The molecule has 0 bridgehead atoms. The van der Waals surface area contributed by atoms with Crippen molar-refractivity contribution < 1.29 is 18.7 Å². The van der Waals surface area contributed by atoms with Gasteiger partial charge in [0.25, 0.3) is 5.91 Å². The summed E-state index contributed by atoms with van der Waals surface area (Å²) in [6.45, 7) is 1.78. The molecule has 2 atom stereocenters. The molecule has 1 aliphatic rings. The van der Waals surface area contributed by atoms with E-state index in [4.69, 9.17) is 4.74 Å². The summed E-state index contributed by atoms with van der Waals surface area (Å²) in [6.07, 6.45) is 4.37. The van der Waals surface area contributed by atoms with E-state index in [0.717, 1.165) is 25.3 Å². The standard InChI is InChI=1S/C16H20FNO3/c1-11-5-2-3-8-14(11)18-15(19)10-21-16(20)12-6-4-7-13(17)9-12/h4,6-7,9,11,14H,2-3,5,8,10H2,1H3,(H,18,19)/t11-,14+/m0/s1. The Morgan fingerprint density at radius 1 is 1.33 bits per heavy atom. The smallest absolute Gasteiger partial charge is 0.338 e. The molecule has 1 N–H and O–H groups in total. The van der Waals surface area contributed by atoms with E-state index in [-0.39, 0.29) is 24.1 Å². The summed E-state index contributed by atoms with van der Waals surface area (Å²) in [5.74, 6) is -1.06. The summed E-state index contributed by atoms with van der Waals surface area (Å²) in [5.41, 5.74) is 0.105. The zero-order valence-electron chi connectivity index (χ0n) is 12.1. The molecule has 21 heavy (non-hydrogen) atoms.